The smallest absolute Gasteiger partial charge is 0.138 e. The first kappa shape index (κ1) is 24.8. The van der Waals surface area contributed by atoms with Gasteiger partial charge in [-0.15, -0.1) is 0 Å². The van der Waals surface area contributed by atoms with Crippen LogP contribution >= 0.6 is 31.9 Å². The van der Waals surface area contributed by atoms with Crippen LogP contribution in [0.2, 0.25) is 0 Å². The van der Waals surface area contributed by atoms with Gasteiger partial charge in [-0.3, -0.25) is 9.98 Å². The molecular formula is C31H22Br2N4. The second kappa shape index (κ2) is 11.9. The van der Waals surface area contributed by atoms with Gasteiger partial charge in [0, 0.05) is 27.0 Å². The highest BCUT2D eigenvalue weighted by Gasteiger charge is 2.06. The van der Waals surface area contributed by atoms with E-state index in [0.29, 0.717) is 0 Å². The van der Waals surface area contributed by atoms with Gasteiger partial charge in [0.15, 0.2) is 0 Å². The zero-order valence-corrected chi connectivity index (χ0v) is 22.9. The molecule has 0 aliphatic carbocycles. The summed E-state index contributed by atoms with van der Waals surface area (Å²) in [5.74, 6) is 0.810. The average molecular weight is 610 g/mol. The predicted octanol–water partition coefficient (Wildman–Crippen LogP) is 9.51. The normalized spacial score (nSPS) is 12.7. The Kier molecular flexibility index (Phi) is 7.99. The molecule has 180 valence electrons. The lowest BCUT2D eigenvalue weighted by Crippen LogP contribution is -1.79. The van der Waals surface area contributed by atoms with Gasteiger partial charge < -0.3 is 4.98 Å². The molecule has 0 atom stereocenters. The number of hydrogen-bond acceptors (Lipinski definition) is 3. The van der Waals surface area contributed by atoms with E-state index >= 15 is 0 Å². The summed E-state index contributed by atoms with van der Waals surface area (Å²) in [6, 6.07) is 34.2. The quantitative estimate of drug-likeness (QED) is 0.184. The molecule has 5 aromatic rings. The second-order valence-corrected chi connectivity index (χ2v) is 9.86. The van der Waals surface area contributed by atoms with Gasteiger partial charge in [0.2, 0.25) is 0 Å². The number of aliphatic imine (C=N–C) groups is 2. The summed E-state index contributed by atoms with van der Waals surface area (Å²) >= 11 is 7.20. The maximum atomic E-state index is 4.74. The molecule has 5 rings (SSSR count). The van der Waals surface area contributed by atoms with E-state index in [1.165, 1.54) is 0 Å². The zero-order valence-electron chi connectivity index (χ0n) is 19.7. The Balaban J connectivity index is 1.27. The average Bonchev–Trinajstić information content (AvgIpc) is 3.38. The third-order valence-corrected chi connectivity index (χ3v) is 7.04. The summed E-state index contributed by atoms with van der Waals surface area (Å²) in [6.07, 6.45) is 7.47. The molecule has 0 amide bonds. The van der Waals surface area contributed by atoms with E-state index in [2.05, 4.69) is 46.8 Å². The number of aromatic nitrogens is 2. The number of hydrogen-bond donors (Lipinski definition) is 1. The number of imidazole rings is 1. The number of rotatable bonds is 7. The van der Waals surface area contributed by atoms with Crippen LogP contribution in [-0.2, 0) is 0 Å². The van der Waals surface area contributed by atoms with Gasteiger partial charge in [-0.2, -0.15) is 0 Å². The SMILES string of the molecule is Br/C(=C/C=Nc1ccc(-c2nc3ccc(N=C/C=C(/Br)c4ccccc4)cc3[nH]2)cc1)c1ccccc1. The van der Waals surface area contributed by atoms with Crippen molar-refractivity contribution in [3.8, 4) is 11.4 Å². The van der Waals surface area contributed by atoms with Crippen molar-refractivity contribution >= 4 is 75.7 Å². The van der Waals surface area contributed by atoms with Gasteiger partial charge in [-0.05, 0) is 65.7 Å². The van der Waals surface area contributed by atoms with E-state index in [4.69, 9.17) is 4.98 Å². The van der Waals surface area contributed by atoms with E-state index in [-0.39, 0.29) is 0 Å². The molecule has 37 heavy (non-hydrogen) atoms. The molecular weight excluding hydrogens is 588 g/mol. The standard InChI is InChI=1S/C31H22Br2N4/c32-27(22-7-3-1-4-8-22)17-19-34-25-13-11-24(12-14-25)31-36-29-16-15-26(21-30(29)37-31)35-20-18-28(33)23-9-5-2-6-10-23/h1-21H,(H,36,37)/b27-17+,28-18+,34-19?,35-20?. The van der Waals surface area contributed by atoms with Crippen molar-refractivity contribution in [3.05, 3.63) is 126 Å². The summed E-state index contributed by atoms with van der Waals surface area (Å²) in [5, 5.41) is 0. The maximum absolute atomic E-state index is 4.74. The first-order chi connectivity index (χ1) is 18.2. The largest absolute Gasteiger partial charge is 0.338 e. The molecule has 0 aliphatic heterocycles. The molecule has 0 bridgehead atoms. The Hall–Kier alpha value is -3.87. The van der Waals surface area contributed by atoms with E-state index in [1.54, 1.807) is 12.4 Å². The van der Waals surface area contributed by atoms with Crippen LogP contribution in [0, 0.1) is 0 Å². The first-order valence-electron chi connectivity index (χ1n) is 11.7. The summed E-state index contributed by atoms with van der Waals surface area (Å²) in [5.41, 5.74) is 6.77. The number of aromatic amines is 1. The van der Waals surface area contributed by atoms with Crippen LogP contribution in [-0.4, -0.2) is 22.4 Å². The monoisotopic (exact) mass is 608 g/mol. The first-order valence-corrected chi connectivity index (χ1v) is 13.2. The molecule has 0 radical (unpaired) electrons. The topological polar surface area (TPSA) is 53.4 Å². The highest BCUT2D eigenvalue weighted by Crippen LogP contribution is 2.26. The molecule has 0 aliphatic rings. The van der Waals surface area contributed by atoms with Crippen molar-refractivity contribution in [1.82, 2.24) is 9.97 Å². The van der Waals surface area contributed by atoms with Crippen molar-refractivity contribution in [2.24, 2.45) is 9.98 Å². The van der Waals surface area contributed by atoms with Crippen LogP contribution in [0.15, 0.2) is 125 Å². The third kappa shape index (κ3) is 6.47. The molecule has 0 spiro atoms. The number of nitrogens with one attached hydrogen (secondary N) is 1. The van der Waals surface area contributed by atoms with Crippen LogP contribution in [0.1, 0.15) is 11.1 Å². The third-order valence-electron chi connectivity index (χ3n) is 5.59. The van der Waals surface area contributed by atoms with Crippen molar-refractivity contribution in [3.63, 3.8) is 0 Å². The van der Waals surface area contributed by atoms with Crippen LogP contribution in [0.5, 0.6) is 0 Å². The lowest BCUT2D eigenvalue weighted by Gasteiger charge is -1.98. The predicted molar refractivity (Wildman–Crippen MR) is 165 cm³/mol. The Labute approximate surface area is 232 Å². The summed E-state index contributed by atoms with van der Waals surface area (Å²) in [4.78, 5) is 17.3. The van der Waals surface area contributed by atoms with Crippen molar-refractivity contribution in [1.29, 1.82) is 0 Å². The molecule has 1 heterocycles. The number of allylic oxidation sites excluding steroid dienone is 2. The fourth-order valence-electron chi connectivity index (χ4n) is 3.68. The second-order valence-electron chi connectivity index (χ2n) is 8.15. The fraction of sp³-hybridized carbons (Fsp3) is 0. The molecule has 4 nitrogen and oxygen atoms in total. The van der Waals surface area contributed by atoms with Gasteiger partial charge in [0.05, 0.1) is 22.4 Å². The van der Waals surface area contributed by atoms with Crippen molar-refractivity contribution in [2.75, 3.05) is 0 Å². The van der Waals surface area contributed by atoms with E-state index in [9.17, 15) is 0 Å². The van der Waals surface area contributed by atoms with Crippen LogP contribution in [0.25, 0.3) is 31.4 Å². The molecule has 6 heteroatoms. The van der Waals surface area contributed by atoms with Gasteiger partial charge in [-0.25, -0.2) is 4.98 Å². The van der Waals surface area contributed by atoms with Gasteiger partial charge in [0.25, 0.3) is 0 Å². The molecule has 0 unspecified atom stereocenters. The van der Waals surface area contributed by atoms with Crippen LogP contribution in [0.3, 0.4) is 0 Å². The molecule has 1 aromatic heterocycles. The minimum Gasteiger partial charge on any atom is -0.338 e. The zero-order chi connectivity index (χ0) is 25.5. The van der Waals surface area contributed by atoms with E-state index < -0.39 is 0 Å². The summed E-state index contributed by atoms with van der Waals surface area (Å²) in [7, 11) is 0. The van der Waals surface area contributed by atoms with Crippen LogP contribution < -0.4 is 0 Å². The van der Waals surface area contributed by atoms with Gasteiger partial charge in [-0.1, -0.05) is 92.5 Å². The summed E-state index contributed by atoms with van der Waals surface area (Å²) < 4.78 is 1.97. The number of nitrogens with zero attached hydrogens (tertiary/aromatic N) is 3. The Morgan fingerprint density at radius 3 is 1.78 bits per heavy atom. The van der Waals surface area contributed by atoms with E-state index in [0.717, 1.165) is 53.9 Å². The van der Waals surface area contributed by atoms with Gasteiger partial charge >= 0.3 is 0 Å². The minimum atomic E-state index is 0.810. The summed E-state index contributed by atoms with van der Waals surface area (Å²) in [6.45, 7) is 0. The lowest BCUT2D eigenvalue weighted by atomic mass is 10.2. The van der Waals surface area contributed by atoms with E-state index in [1.807, 2.05) is 115 Å². The number of benzene rings is 4. The molecule has 1 N–H and O–H groups in total. The fourth-order valence-corrected chi connectivity index (χ4v) is 4.45. The van der Waals surface area contributed by atoms with Crippen molar-refractivity contribution < 1.29 is 0 Å². The molecule has 4 aromatic carbocycles. The van der Waals surface area contributed by atoms with Crippen molar-refractivity contribution in [2.45, 2.75) is 0 Å². The molecule has 0 saturated carbocycles. The number of halogens is 2. The highest BCUT2D eigenvalue weighted by molar-refractivity contribution is 9.15. The van der Waals surface area contributed by atoms with Crippen LogP contribution in [0.4, 0.5) is 11.4 Å². The van der Waals surface area contributed by atoms with Gasteiger partial charge in [0.1, 0.15) is 5.82 Å². The maximum Gasteiger partial charge on any atom is 0.138 e. The minimum absolute atomic E-state index is 0.810. The highest BCUT2D eigenvalue weighted by atomic mass is 79.9. The Morgan fingerprint density at radius 2 is 1.19 bits per heavy atom. The lowest BCUT2D eigenvalue weighted by molar-refractivity contribution is 1.33. The molecule has 0 fully saturated rings. The Bertz CT molecular complexity index is 1610. The number of H-pyrrole nitrogens is 1. The number of fused-ring (bicyclic) bond motifs is 1. The Morgan fingerprint density at radius 1 is 0.649 bits per heavy atom. The molecule has 0 saturated heterocycles.